The molecule has 17 heavy (non-hydrogen) atoms. The monoisotopic (exact) mass is 289 g/mol. The van der Waals surface area contributed by atoms with Crippen molar-refractivity contribution >= 4 is 26.8 Å². The Balaban J connectivity index is 2.31. The molecule has 2 heterocycles. The number of nitrogens with one attached hydrogen (secondary N) is 1. The Bertz CT molecular complexity index is 666. The van der Waals surface area contributed by atoms with Gasteiger partial charge in [0.25, 0.3) is 0 Å². The average Bonchev–Trinajstić information content (AvgIpc) is 2.94. The van der Waals surface area contributed by atoms with E-state index in [0.29, 0.717) is 0 Å². The highest BCUT2D eigenvalue weighted by molar-refractivity contribution is 9.10. The van der Waals surface area contributed by atoms with Gasteiger partial charge in [0.2, 0.25) is 0 Å². The third kappa shape index (κ3) is 1.60. The highest BCUT2D eigenvalue weighted by Crippen LogP contribution is 2.33. The molecule has 0 spiro atoms. The van der Waals surface area contributed by atoms with E-state index in [0.717, 1.165) is 22.2 Å². The Morgan fingerprint density at radius 1 is 1.41 bits per heavy atom. The molecule has 0 saturated carbocycles. The van der Waals surface area contributed by atoms with Crippen LogP contribution < -0.4 is 0 Å². The van der Waals surface area contributed by atoms with E-state index in [1.54, 1.807) is 0 Å². The van der Waals surface area contributed by atoms with Gasteiger partial charge in [-0.15, -0.1) is 0 Å². The van der Waals surface area contributed by atoms with Crippen LogP contribution in [0.1, 0.15) is 6.92 Å². The van der Waals surface area contributed by atoms with Crippen LogP contribution in [0.15, 0.2) is 41.4 Å². The fourth-order valence-corrected chi connectivity index (χ4v) is 2.72. The van der Waals surface area contributed by atoms with Gasteiger partial charge >= 0.3 is 0 Å². The molecule has 3 rings (SSSR count). The summed E-state index contributed by atoms with van der Waals surface area (Å²) >= 11 is 3.61. The highest BCUT2D eigenvalue weighted by Gasteiger charge is 2.11. The van der Waals surface area contributed by atoms with Gasteiger partial charge in [-0.2, -0.15) is 0 Å². The molecule has 0 unspecified atom stereocenters. The highest BCUT2D eigenvalue weighted by atomic mass is 79.9. The predicted octanol–water partition coefficient (Wildman–Crippen LogP) is 3.81. The van der Waals surface area contributed by atoms with Gasteiger partial charge in [0.1, 0.15) is 0 Å². The number of H-pyrrole nitrogens is 1. The first kappa shape index (κ1) is 10.6. The summed E-state index contributed by atoms with van der Waals surface area (Å²) in [7, 11) is 0. The van der Waals surface area contributed by atoms with Gasteiger partial charge in [-0.3, -0.25) is 0 Å². The van der Waals surface area contributed by atoms with Crippen molar-refractivity contribution in [2.45, 2.75) is 13.5 Å². The van der Waals surface area contributed by atoms with E-state index in [4.69, 9.17) is 0 Å². The maximum atomic E-state index is 4.22. The fraction of sp³-hybridized carbons (Fsp3) is 0.154. The molecule has 86 valence electrons. The second-order valence-electron chi connectivity index (χ2n) is 3.93. The first-order chi connectivity index (χ1) is 8.31. The standard InChI is InChI=1S/C13H12BrN3/c1-2-17-8-15-7-12(17)9-6-16-11-5-3-4-10(14)13(9)11/h3-8,16H,2H2,1H3. The van der Waals surface area contributed by atoms with Crippen molar-refractivity contribution in [1.82, 2.24) is 14.5 Å². The van der Waals surface area contributed by atoms with Crippen molar-refractivity contribution in [2.24, 2.45) is 0 Å². The zero-order valence-electron chi connectivity index (χ0n) is 9.44. The minimum Gasteiger partial charge on any atom is -0.360 e. The summed E-state index contributed by atoms with van der Waals surface area (Å²) in [5, 5.41) is 1.21. The number of aromatic amines is 1. The second kappa shape index (κ2) is 4.04. The van der Waals surface area contributed by atoms with E-state index in [9.17, 15) is 0 Å². The van der Waals surface area contributed by atoms with Crippen LogP contribution >= 0.6 is 15.9 Å². The average molecular weight is 290 g/mol. The third-order valence-electron chi connectivity index (χ3n) is 2.98. The second-order valence-corrected chi connectivity index (χ2v) is 4.78. The Morgan fingerprint density at radius 2 is 2.29 bits per heavy atom. The van der Waals surface area contributed by atoms with Gasteiger partial charge in [0, 0.05) is 33.7 Å². The lowest BCUT2D eigenvalue weighted by atomic mass is 10.1. The van der Waals surface area contributed by atoms with E-state index in [2.05, 4.69) is 49.5 Å². The maximum absolute atomic E-state index is 4.22. The zero-order valence-corrected chi connectivity index (χ0v) is 11.0. The van der Waals surface area contributed by atoms with E-state index in [-0.39, 0.29) is 0 Å². The smallest absolute Gasteiger partial charge is 0.0950 e. The van der Waals surface area contributed by atoms with E-state index in [1.807, 2.05) is 24.8 Å². The quantitative estimate of drug-likeness (QED) is 0.765. The number of halogens is 1. The van der Waals surface area contributed by atoms with Crippen LogP contribution in [0, 0.1) is 0 Å². The molecule has 2 aromatic heterocycles. The van der Waals surface area contributed by atoms with Crippen LogP contribution in [0.25, 0.3) is 22.2 Å². The number of imidazole rings is 1. The molecule has 1 N–H and O–H groups in total. The number of benzene rings is 1. The molecule has 3 aromatic rings. The van der Waals surface area contributed by atoms with Gasteiger partial charge in [-0.25, -0.2) is 4.98 Å². The van der Waals surface area contributed by atoms with Crippen molar-refractivity contribution in [1.29, 1.82) is 0 Å². The Kier molecular flexibility index (Phi) is 2.52. The van der Waals surface area contributed by atoms with Gasteiger partial charge in [-0.1, -0.05) is 22.0 Å². The predicted molar refractivity (Wildman–Crippen MR) is 72.9 cm³/mol. The number of nitrogens with zero attached hydrogens (tertiary/aromatic N) is 2. The van der Waals surface area contributed by atoms with Crippen LogP contribution in [0.2, 0.25) is 0 Å². The molecule has 0 atom stereocenters. The summed E-state index contributed by atoms with van der Waals surface area (Å²) < 4.78 is 3.25. The first-order valence-electron chi connectivity index (χ1n) is 5.57. The van der Waals surface area contributed by atoms with Crippen LogP contribution in [-0.4, -0.2) is 14.5 Å². The molecule has 3 nitrogen and oxygen atoms in total. The van der Waals surface area contributed by atoms with E-state index >= 15 is 0 Å². The van der Waals surface area contributed by atoms with Crippen molar-refractivity contribution in [3.8, 4) is 11.3 Å². The summed E-state index contributed by atoms with van der Waals surface area (Å²) in [6.45, 7) is 3.04. The van der Waals surface area contributed by atoms with Crippen LogP contribution in [0.4, 0.5) is 0 Å². The van der Waals surface area contributed by atoms with Crippen molar-refractivity contribution in [2.75, 3.05) is 0 Å². The number of aromatic nitrogens is 3. The molecule has 0 bridgehead atoms. The molecular weight excluding hydrogens is 278 g/mol. The van der Waals surface area contributed by atoms with Crippen LogP contribution in [0.5, 0.6) is 0 Å². The fourth-order valence-electron chi connectivity index (χ4n) is 2.14. The van der Waals surface area contributed by atoms with E-state index < -0.39 is 0 Å². The number of rotatable bonds is 2. The molecule has 0 aliphatic carbocycles. The summed E-state index contributed by atoms with van der Waals surface area (Å²) in [5.41, 5.74) is 3.47. The normalized spacial score (nSPS) is 11.2. The lowest BCUT2D eigenvalue weighted by Gasteiger charge is -2.04. The Morgan fingerprint density at radius 3 is 3.12 bits per heavy atom. The topological polar surface area (TPSA) is 33.6 Å². The lowest BCUT2D eigenvalue weighted by Crippen LogP contribution is -1.93. The van der Waals surface area contributed by atoms with E-state index in [1.165, 1.54) is 10.9 Å². The molecule has 0 amide bonds. The van der Waals surface area contributed by atoms with Gasteiger partial charge in [0.15, 0.2) is 0 Å². The van der Waals surface area contributed by atoms with Crippen LogP contribution in [0.3, 0.4) is 0 Å². The van der Waals surface area contributed by atoms with Crippen molar-refractivity contribution in [3.05, 3.63) is 41.4 Å². The molecule has 4 heteroatoms. The lowest BCUT2D eigenvalue weighted by molar-refractivity contribution is 0.769. The minimum absolute atomic E-state index is 0.923. The molecule has 1 aromatic carbocycles. The van der Waals surface area contributed by atoms with Crippen molar-refractivity contribution in [3.63, 3.8) is 0 Å². The van der Waals surface area contributed by atoms with Gasteiger partial charge in [-0.05, 0) is 19.1 Å². The zero-order chi connectivity index (χ0) is 11.8. The number of aryl methyl sites for hydroxylation is 1. The molecule has 0 aliphatic heterocycles. The largest absolute Gasteiger partial charge is 0.360 e. The Labute approximate surface area is 108 Å². The molecular formula is C13H12BrN3. The summed E-state index contributed by atoms with van der Waals surface area (Å²) in [5.74, 6) is 0. The maximum Gasteiger partial charge on any atom is 0.0950 e. The summed E-state index contributed by atoms with van der Waals surface area (Å²) in [6, 6.07) is 6.17. The number of fused-ring (bicyclic) bond motifs is 1. The van der Waals surface area contributed by atoms with Crippen LogP contribution in [-0.2, 0) is 6.54 Å². The number of hydrogen-bond acceptors (Lipinski definition) is 1. The molecule has 0 aliphatic rings. The SMILES string of the molecule is CCn1cncc1-c1c[nH]c2cccc(Br)c12. The number of hydrogen-bond donors (Lipinski definition) is 1. The van der Waals surface area contributed by atoms with Gasteiger partial charge < -0.3 is 9.55 Å². The summed E-state index contributed by atoms with van der Waals surface area (Å²) in [6.07, 6.45) is 5.81. The van der Waals surface area contributed by atoms with Gasteiger partial charge in [0.05, 0.1) is 18.2 Å². The molecule has 0 radical (unpaired) electrons. The minimum atomic E-state index is 0.923. The van der Waals surface area contributed by atoms with Crippen molar-refractivity contribution < 1.29 is 0 Å². The third-order valence-corrected chi connectivity index (χ3v) is 3.64. The first-order valence-corrected chi connectivity index (χ1v) is 6.36. The molecule has 0 fully saturated rings. The molecule has 0 saturated heterocycles. The Hall–Kier alpha value is -1.55. The summed E-state index contributed by atoms with van der Waals surface area (Å²) in [4.78, 5) is 7.52.